The van der Waals surface area contributed by atoms with E-state index in [9.17, 15) is 0 Å². The molecule has 0 radical (unpaired) electrons. The van der Waals surface area contributed by atoms with Gasteiger partial charge >= 0.3 is 0 Å². The van der Waals surface area contributed by atoms with Gasteiger partial charge in [-0.3, -0.25) is 10.00 Å². The van der Waals surface area contributed by atoms with Crippen LogP contribution in [-0.2, 0) is 0 Å². The van der Waals surface area contributed by atoms with Gasteiger partial charge in [0.1, 0.15) is 5.82 Å². The van der Waals surface area contributed by atoms with Crippen molar-refractivity contribution in [1.82, 2.24) is 20.1 Å². The van der Waals surface area contributed by atoms with Crippen LogP contribution in [0.1, 0.15) is 32.5 Å². The van der Waals surface area contributed by atoms with Crippen molar-refractivity contribution < 1.29 is 0 Å². The van der Waals surface area contributed by atoms with Crippen molar-refractivity contribution >= 4 is 5.95 Å². The van der Waals surface area contributed by atoms with Crippen LogP contribution in [0.5, 0.6) is 0 Å². The highest BCUT2D eigenvalue weighted by Gasteiger charge is 2.36. The number of rotatable bonds is 1. The predicted molar refractivity (Wildman–Crippen MR) is 54.9 cm³/mol. The minimum atomic E-state index is 0.252. The quantitative estimate of drug-likeness (QED) is 0.688. The smallest absolute Gasteiger partial charge is 0.239 e. The number of hydrogen-bond acceptors (Lipinski definition) is 4. The molecular formula is C9H17N5. The maximum absolute atomic E-state index is 5.45. The molecule has 78 valence electrons. The molecule has 0 aliphatic carbocycles. The van der Waals surface area contributed by atoms with E-state index in [-0.39, 0.29) is 5.54 Å². The number of nitrogens with zero attached hydrogens (tertiary/aromatic N) is 3. The predicted octanol–water partition coefficient (Wildman–Crippen LogP) is 0.585. The Morgan fingerprint density at radius 1 is 1.43 bits per heavy atom. The first-order valence-electron chi connectivity index (χ1n) is 4.89. The number of aromatic nitrogens is 3. The third-order valence-electron chi connectivity index (χ3n) is 2.74. The van der Waals surface area contributed by atoms with Gasteiger partial charge in [0.2, 0.25) is 5.95 Å². The van der Waals surface area contributed by atoms with Gasteiger partial charge in [0.05, 0.1) is 0 Å². The second-order valence-electron chi connectivity index (χ2n) is 4.85. The van der Waals surface area contributed by atoms with Crippen LogP contribution in [0.3, 0.4) is 0 Å². The number of aromatic amines is 1. The number of H-pyrrole nitrogens is 1. The van der Waals surface area contributed by atoms with Crippen LogP contribution in [-0.4, -0.2) is 38.7 Å². The monoisotopic (exact) mass is 195 g/mol. The largest absolute Gasteiger partial charge is 0.367 e. The molecule has 1 saturated heterocycles. The number of likely N-dealkylation sites (tertiary alicyclic amines) is 1. The zero-order valence-electron chi connectivity index (χ0n) is 8.91. The highest BCUT2D eigenvalue weighted by atomic mass is 15.3. The third kappa shape index (κ3) is 1.59. The summed E-state index contributed by atoms with van der Waals surface area (Å²) in [6.07, 6.45) is 0. The molecule has 14 heavy (non-hydrogen) atoms. The first kappa shape index (κ1) is 9.45. The molecule has 5 heteroatoms. The van der Waals surface area contributed by atoms with Gasteiger partial charge in [-0.2, -0.15) is 4.98 Å². The molecule has 5 nitrogen and oxygen atoms in total. The summed E-state index contributed by atoms with van der Waals surface area (Å²) in [5.74, 6) is 1.73. The Morgan fingerprint density at radius 3 is 2.50 bits per heavy atom. The summed E-state index contributed by atoms with van der Waals surface area (Å²) in [6, 6.07) is 0. The molecule has 0 spiro atoms. The van der Waals surface area contributed by atoms with E-state index in [0.717, 1.165) is 18.9 Å². The van der Waals surface area contributed by atoms with Crippen LogP contribution in [0.25, 0.3) is 0 Å². The number of nitrogens with two attached hydrogens (primary N) is 1. The fourth-order valence-electron chi connectivity index (χ4n) is 1.67. The summed E-state index contributed by atoms with van der Waals surface area (Å²) in [7, 11) is 0. The molecule has 0 saturated carbocycles. The standard InChI is InChI=1S/C9H17N5/c1-9(2,3)14-4-6(5-14)7-11-8(10)13-12-7/h6H,4-5H2,1-3H3,(H3,10,11,12,13). The minimum Gasteiger partial charge on any atom is -0.367 e. The van der Waals surface area contributed by atoms with Crippen LogP contribution >= 0.6 is 0 Å². The van der Waals surface area contributed by atoms with Gasteiger partial charge in [-0.15, -0.1) is 5.10 Å². The zero-order valence-corrected chi connectivity index (χ0v) is 8.91. The van der Waals surface area contributed by atoms with Crippen molar-refractivity contribution in [2.24, 2.45) is 0 Å². The first-order chi connectivity index (χ1) is 6.47. The summed E-state index contributed by atoms with van der Waals surface area (Å²) in [4.78, 5) is 6.55. The molecule has 0 atom stereocenters. The summed E-state index contributed by atoms with van der Waals surface area (Å²) in [5, 5.41) is 6.70. The highest BCUT2D eigenvalue weighted by Crippen LogP contribution is 2.30. The number of nitrogens with one attached hydrogen (secondary N) is 1. The Morgan fingerprint density at radius 2 is 2.07 bits per heavy atom. The lowest BCUT2D eigenvalue weighted by Crippen LogP contribution is -2.54. The summed E-state index contributed by atoms with van der Waals surface area (Å²) < 4.78 is 0. The van der Waals surface area contributed by atoms with Crippen molar-refractivity contribution in [2.45, 2.75) is 32.2 Å². The lowest BCUT2D eigenvalue weighted by molar-refractivity contribution is 0.0442. The molecule has 1 aliphatic rings. The van der Waals surface area contributed by atoms with E-state index in [4.69, 9.17) is 5.73 Å². The van der Waals surface area contributed by atoms with Crippen LogP contribution < -0.4 is 5.73 Å². The zero-order chi connectivity index (χ0) is 10.3. The fourth-order valence-corrected chi connectivity index (χ4v) is 1.67. The van der Waals surface area contributed by atoms with E-state index in [2.05, 4.69) is 40.9 Å². The van der Waals surface area contributed by atoms with Gasteiger partial charge in [0, 0.05) is 24.5 Å². The van der Waals surface area contributed by atoms with E-state index in [0.29, 0.717) is 11.9 Å². The maximum Gasteiger partial charge on any atom is 0.239 e. The van der Waals surface area contributed by atoms with E-state index in [1.807, 2.05) is 0 Å². The molecule has 1 aliphatic heterocycles. The second-order valence-corrected chi connectivity index (χ2v) is 4.85. The molecular weight excluding hydrogens is 178 g/mol. The third-order valence-corrected chi connectivity index (χ3v) is 2.74. The van der Waals surface area contributed by atoms with E-state index < -0.39 is 0 Å². The van der Waals surface area contributed by atoms with Crippen molar-refractivity contribution in [1.29, 1.82) is 0 Å². The molecule has 0 amide bonds. The van der Waals surface area contributed by atoms with Crippen molar-refractivity contribution in [3.05, 3.63) is 5.82 Å². The molecule has 1 fully saturated rings. The Bertz CT molecular complexity index is 318. The normalized spacial score (nSPS) is 19.6. The number of hydrogen-bond donors (Lipinski definition) is 2. The summed E-state index contributed by atoms with van der Waals surface area (Å²) in [5.41, 5.74) is 5.70. The average Bonchev–Trinajstić information content (AvgIpc) is 2.28. The molecule has 2 heterocycles. The molecule has 2 rings (SSSR count). The lowest BCUT2D eigenvalue weighted by atomic mass is 9.92. The van der Waals surface area contributed by atoms with Crippen molar-refractivity contribution in [3.63, 3.8) is 0 Å². The van der Waals surface area contributed by atoms with Crippen LogP contribution in [0.4, 0.5) is 5.95 Å². The average molecular weight is 195 g/mol. The summed E-state index contributed by atoms with van der Waals surface area (Å²) in [6.45, 7) is 8.74. The van der Waals surface area contributed by atoms with Crippen molar-refractivity contribution in [2.75, 3.05) is 18.8 Å². The van der Waals surface area contributed by atoms with Crippen molar-refractivity contribution in [3.8, 4) is 0 Å². The van der Waals surface area contributed by atoms with Gasteiger partial charge in [-0.05, 0) is 20.8 Å². The van der Waals surface area contributed by atoms with Crippen LogP contribution in [0.2, 0.25) is 0 Å². The maximum atomic E-state index is 5.45. The van der Waals surface area contributed by atoms with E-state index in [1.165, 1.54) is 0 Å². The molecule has 1 aromatic heterocycles. The van der Waals surface area contributed by atoms with Crippen LogP contribution in [0.15, 0.2) is 0 Å². The van der Waals surface area contributed by atoms with Gasteiger partial charge in [-0.1, -0.05) is 0 Å². The van der Waals surface area contributed by atoms with E-state index >= 15 is 0 Å². The van der Waals surface area contributed by atoms with E-state index in [1.54, 1.807) is 0 Å². The topological polar surface area (TPSA) is 70.8 Å². The Labute approximate surface area is 83.7 Å². The summed E-state index contributed by atoms with van der Waals surface area (Å²) >= 11 is 0. The fraction of sp³-hybridized carbons (Fsp3) is 0.778. The highest BCUT2D eigenvalue weighted by molar-refractivity contribution is 5.17. The number of anilines is 1. The molecule has 3 N–H and O–H groups in total. The molecule has 0 unspecified atom stereocenters. The minimum absolute atomic E-state index is 0.252. The Hall–Kier alpha value is -1.10. The van der Waals surface area contributed by atoms with Gasteiger partial charge in [0.15, 0.2) is 0 Å². The van der Waals surface area contributed by atoms with Gasteiger partial charge in [0.25, 0.3) is 0 Å². The molecule has 0 aromatic carbocycles. The Kier molecular flexibility index (Phi) is 1.99. The number of nitrogen functional groups attached to an aromatic ring is 1. The molecule has 1 aromatic rings. The van der Waals surface area contributed by atoms with Gasteiger partial charge in [-0.25, -0.2) is 0 Å². The SMILES string of the molecule is CC(C)(C)N1CC(c2nc(N)n[nH]2)C1. The second kappa shape index (κ2) is 2.95. The Balaban J connectivity index is 1.95. The van der Waals surface area contributed by atoms with Crippen LogP contribution in [0, 0.1) is 0 Å². The first-order valence-corrected chi connectivity index (χ1v) is 4.89. The molecule has 0 bridgehead atoms. The van der Waals surface area contributed by atoms with Gasteiger partial charge < -0.3 is 5.73 Å². The lowest BCUT2D eigenvalue weighted by Gasteiger charge is -2.46.